The van der Waals surface area contributed by atoms with Crippen molar-refractivity contribution in [1.82, 2.24) is 5.32 Å². The Bertz CT molecular complexity index is 1140. The van der Waals surface area contributed by atoms with Crippen LogP contribution >= 0.6 is 7.82 Å². The summed E-state index contributed by atoms with van der Waals surface area (Å²) in [6.45, 7) is 3.53. The van der Waals surface area contributed by atoms with Crippen LogP contribution in [0.15, 0.2) is 0 Å². The summed E-state index contributed by atoms with van der Waals surface area (Å²) in [5, 5.41) is 85.4. The number of carbonyl (C=O) groups excluding carboxylic acids is 1. The Morgan fingerprint density at radius 1 is 0.492 bits per heavy atom. The number of aliphatic hydroxyl groups is 8. The maximum absolute atomic E-state index is 13.1. The van der Waals surface area contributed by atoms with E-state index in [9.17, 15) is 55.1 Å². The van der Waals surface area contributed by atoms with E-state index in [1.165, 1.54) is 154 Å². The lowest BCUT2D eigenvalue weighted by Gasteiger charge is -2.43. The topological polar surface area (TPSA) is 250 Å². The molecule has 9 N–H and O–H groups in total. The minimum absolute atomic E-state index is 0.146. The van der Waals surface area contributed by atoms with Gasteiger partial charge in [-0.3, -0.25) is 9.36 Å². The molecule has 0 saturated heterocycles. The van der Waals surface area contributed by atoms with E-state index < -0.39 is 81.3 Å². The van der Waals surface area contributed by atoms with Crippen molar-refractivity contribution in [3.8, 4) is 0 Å². The second-order valence-corrected chi connectivity index (χ2v) is 20.7. The van der Waals surface area contributed by atoms with E-state index in [0.29, 0.717) is 12.8 Å². The number of carbonyl (C=O) groups is 1. The van der Waals surface area contributed by atoms with Crippen LogP contribution < -0.4 is 10.2 Å². The predicted octanol–water partition coefficient (Wildman–Crippen LogP) is 8.33. The summed E-state index contributed by atoms with van der Waals surface area (Å²) in [6, 6.07) is -1.51. The van der Waals surface area contributed by atoms with Gasteiger partial charge in [0, 0.05) is 0 Å². The smallest absolute Gasteiger partial charge is 0.268 e. The number of hydrogen-bond acceptors (Lipinski definition) is 13. The molecule has 1 aliphatic carbocycles. The zero-order valence-electron chi connectivity index (χ0n) is 41.0. The second-order valence-electron chi connectivity index (χ2n) is 19.3. The van der Waals surface area contributed by atoms with Crippen LogP contribution in [0.25, 0.3) is 0 Å². The van der Waals surface area contributed by atoms with Crippen molar-refractivity contribution in [3.05, 3.63) is 0 Å². The van der Waals surface area contributed by atoms with Gasteiger partial charge in [0.25, 0.3) is 7.82 Å². The number of nitrogens with one attached hydrogen (secondary N) is 1. The number of phosphoric ester groups is 1. The van der Waals surface area contributed by atoms with Crippen LogP contribution in [-0.2, 0) is 18.4 Å². The molecule has 3 unspecified atom stereocenters. The van der Waals surface area contributed by atoms with E-state index in [0.717, 1.165) is 51.4 Å². The van der Waals surface area contributed by atoms with Crippen molar-refractivity contribution < 1.29 is 64.2 Å². The molecule has 0 aromatic carbocycles. The van der Waals surface area contributed by atoms with Crippen molar-refractivity contribution >= 4 is 13.7 Å². The summed E-state index contributed by atoms with van der Waals surface area (Å²) in [7, 11) is -5.48. The molecule has 0 aromatic heterocycles. The van der Waals surface area contributed by atoms with Crippen LogP contribution in [0.4, 0.5) is 0 Å². The quantitative estimate of drug-likeness (QED) is 0.0206. The van der Waals surface area contributed by atoms with Gasteiger partial charge in [-0.1, -0.05) is 232 Å². The van der Waals surface area contributed by atoms with Gasteiger partial charge in [-0.15, -0.1) is 0 Å². The van der Waals surface area contributed by atoms with E-state index in [1.54, 1.807) is 0 Å². The molecule has 65 heavy (non-hydrogen) atoms. The highest BCUT2D eigenvalue weighted by atomic mass is 31.2. The Kier molecular flexibility index (Phi) is 38.4. The fourth-order valence-electron chi connectivity index (χ4n) is 8.89. The highest BCUT2D eigenvalue weighted by Crippen LogP contribution is 2.43. The summed E-state index contributed by atoms with van der Waals surface area (Å²) in [6.07, 6.45) is 24.3. The first kappa shape index (κ1) is 62.3. The molecule has 0 spiro atoms. The van der Waals surface area contributed by atoms with Gasteiger partial charge in [0.15, 0.2) is 0 Å². The number of hydrogen-bond donors (Lipinski definition) is 9. The first-order valence-corrected chi connectivity index (χ1v) is 28.1. The van der Waals surface area contributed by atoms with Gasteiger partial charge >= 0.3 is 0 Å². The molecule has 1 fully saturated rings. The predicted molar refractivity (Wildman–Crippen MR) is 256 cm³/mol. The number of phosphoric acid groups is 1. The third-order valence-corrected chi connectivity index (χ3v) is 14.3. The Balaban J connectivity index is 2.44. The van der Waals surface area contributed by atoms with Crippen LogP contribution in [0.3, 0.4) is 0 Å². The van der Waals surface area contributed by atoms with E-state index >= 15 is 0 Å². The molecule has 388 valence electrons. The minimum atomic E-state index is -5.48. The average Bonchev–Trinajstić information content (AvgIpc) is 3.29. The van der Waals surface area contributed by atoms with E-state index in [1.807, 2.05) is 0 Å². The highest BCUT2D eigenvalue weighted by Gasteiger charge is 2.50. The third-order valence-electron chi connectivity index (χ3n) is 13.4. The van der Waals surface area contributed by atoms with Crippen LogP contribution in [0.5, 0.6) is 0 Å². The fraction of sp³-hybridized carbons (Fsp3) is 0.980. The molecule has 15 heteroatoms. The molecule has 0 heterocycles. The fourth-order valence-corrected chi connectivity index (χ4v) is 9.84. The Morgan fingerprint density at radius 2 is 0.785 bits per heavy atom. The van der Waals surface area contributed by atoms with Crippen molar-refractivity contribution in [2.24, 2.45) is 0 Å². The van der Waals surface area contributed by atoms with Crippen molar-refractivity contribution in [3.63, 3.8) is 0 Å². The zero-order chi connectivity index (χ0) is 48.1. The normalized spacial score (nSPS) is 22.9. The standard InChI is InChI=1S/C50H100NO13P/c1-3-5-7-9-11-13-15-17-18-19-20-21-22-23-24-25-26-28-30-32-34-36-38-42(53)50(60)51-40(39-63-65(61,62)64-49-47(58)45(56)44(55)46(57)48(49)59)43(54)41(52)37-35-33-31-29-27-16-14-12-10-8-6-4-2/h40-49,52-59H,3-39H2,1-2H3,(H,51,60)(H,61,62)/p-1/t40-,41+,42-,43-,44?,45-,46+,47+,48+,49?/m0/s1. The zero-order valence-corrected chi connectivity index (χ0v) is 41.9. The van der Waals surface area contributed by atoms with Crippen LogP contribution in [-0.4, -0.2) is 114 Å². The van der Waals surface area contributed by atoms with Crippen molar-refractivity contribution in [2.75, 3.05) is 6.61 Å². The molecule has 1 amide bonds. The minimum Gasteiger partial charge on any atom is -0.756 e. The van der Waals surface area contributed by atoms with Crippen molar-refractivity contribution in [1.29, 1.82) is 0 Å². The Labute approximate surface area is 394 Å². The molecule has 0 aliphatic heterocycles. The van der Waals surface area contributed by atoms with Gasteiger partial charge in [0.05, 0.1) is 18.8 Å². The maximum atomic E-state index is 13.1. The SMILES string of the molecule is CCCCCCCCCCCCCCCCCCCCCCCC[C@H](O)C(=O)N[C@@H](COP(=O)([O-])OC1[C@H](O)[C@H](O)C(O)[C@H](O)[C@H]1O)[C@H](O)[C@H](O)CCCCCCCCCCCCCC. The molecule has 14 nitrogen and oxygen atoms in total. The van der Waals surface area contributed by atoms with E-state index in [-0.39, 0.29) is 12.8 Å². The highest BCUT2D eigenvalue weighted by molar-refractivity contribution is 7.45. The molecular weight excluding hydrogens is 854 g/mol. The average molecular weight is 953 g/mol. The number of unbranched alkanes of at least 4 members (excludes halogenated alkanes) is 32. The Hall–Kier alpha value is -0.740. The summed E-state index contributed by atoms with van der Waals surface area (Å²) >= 11 is 0. The first-order valence-electron chi connectivity index (χ1n) is 26.7. The van der Waals surface area contributed by atoms with E-state index in [4.69, 9.17) is 9.05 Å². The Morgan fingerprint density at radius 3 is 1.12 bits per heavy atom. The molecule has 1 rings (SSSR count). The van der Waals surface area contributed by atoms with Gasteiger partial charge in [0.1, 0.15) is 48.8 Å². The van der Waals surface area contributed by atoms with Crippen molar-refractivity contribution in [2.45, 2.75) is 306 Å². The van der Waals surface area contributed by atoms with Gasteiger partial charge in [-0.05, 0) is 12.8 Å². The third kappa shape index (κ3) is 30.5. The number of amides is 1. The molecular formula is C50H99NO13P-. The molecule has 1 aliphatic rings. The largest absolute Gasteiger partial charge is 0.756 e. The van der Waals surface area contributed by atoms with E-state index in [2.05, 4.69) is 19.2 Å². The first-order chi connectivity index (χ1) is 31.3. The number of rotatable bonds is 45. The summed E-state index contributed by atoms with van der Waals surface area (Å²) < 4.78 is 22.6. The summed E-state index contributed by atoms with van der Waals surface area (Å²) in [5.74, 6) is -0.876. The summed E-state index contributed by atoms with van der Waals surface area (Å²) in [5.41, 5.74) is 0. The van der Waals surface area contributed by atoms with Crippen LogP contribution in [0, 0.1) is 0 Å². The summed E-state index contributed by atoms with van der Waals surface area (Å²) in [4.78, 5) is 25.9. The molecule has 11 atom stereocenters. The lowest BCUT2D eigenvalue weighted by molar-refractivity contribution is -0.261. The van der Waals surface area contributed by atoms with Gasteiger partial charge in [-0.2, -0.15) is 0 Å². The molecule has 0 radical (unpaired) electrons. The second kappa shape index (κ2) is 40.0. The maximum Gasteiger partial charge on any atom is 0.268 e. The number of aliphatic hydroxyl groups excluding tert-OH is 8. The van der Waals surface area contributed by atoms with Gasteiger partial charge < -0.3 is 60.1 Å². The van der Waals surface area contributed by atoms with Gasteiger partial charge in [0.2, 0.25) is 5.91 Å². The monoisotopic (exact) mass is 953 g/mol. The lowest BCUT2D eigenvalue weighted by Crippen LogP contribution is -2.64. The van der Waals surface area contributed by atoms with Crippen LogP contribution in [0.2, 0.25) is 0 Å². The molecule has 1 saturated carbocycles. The van der Waals surface area contributed by atoms with Gasteiger partial charge in [-0.25, -0.2) is 0 Å². The van der Waals surface area contributed by atoms with Crippen LogP contribution in [0.1, 0.15) is 245 Å². The lowest BCUT2D eigenvalue weighted by atomic mass is 9.85. The molecule has 0 bridgehead atoms. The molecule has 0 aromatic rings.